The zero-order chi connectivity index (χ0) is 21.7. The fourth-order valence-corrected chi connectivity index (χ4v) is 5.35. The van der Waals surface area contributed by atoms with Crippen LogP contribution in [0.5, 0.6) is 0 Å². The van der Waals surface area contributed by atoms with E-state index in [9.17, 15) is 8.42 Å². The van der Waals surface area contributed by atoms with Crippen molar-refractivity contribution in [2.45, 2.75) is 57.1 Å². The van der Waals surface area contributed by atoms with E-state index in [4.69, 9.17) is 0 Å². The lowest BCUT2D eigenvalue weighted by atomic mass is 10.1. The lowest BCUT2D eigenvalue weighted by Crippen LogP contribution is -2.29. The Morgan fingerprint density at radius 2 is 1.97 bits per heavy atom. The Balaban J connectivity index is 1.76. The maximum absolute atomic E-state index is 12.9. The van der Waals surface area contributed by atoms with Crippen LogP contribution in [-0.4, -0.2) is 66.2 Å². The van der Waals surface area contributed by atoms with Gasteiger partial charge in [-0.15, -0.1) is 0 Å². The summed E-state index contributed by atoms with van der Waals surface area (Å²) in [5.74, 6) is 0.675. The molecule has 1 aromatic heterocycles. The summed E-state index contributed by atoms with van der Waals surface area (Å²) in [5, 5.41) is -0.283. The third-order valence-electron chi connectivity index (χ3n) is 6.06. The monoisotopic (exact) mass is 432 g/mol. The minimum atomic E-state index is -3.43. The summed E-state index contributed by atoms with van der Waals surface area (Å²) in [6.45, 7) is 11.4. The van der Waals surface area contributed by atoms with Crippen molar-refractivity contribution in [2.75, 3.05) is 33.2 Å². The third-order valence-corrected chi connectivity index (χ3v) is 8.14. The van der Waals surface area contributed by atoms with Gasteiger partial charge in [0, 0.05) is 26.2 Å². The number of likely N-dealkylation sites (tertiary alicyclic amines) is 1. The maximum atomic E-state index is 12.9. The molecular weight excluding hydrogens is 396 g/mol. The largest absolute Gasteiger partial charge is 0.317 e. The van der Waals surface area contributed by atoms with Gasteiger partial charge < -0.3 is 14.4 Å². The van der Waals surface area contributed by atoms with Crippen LogP contribution in [0.3, 0.4) is 0 Å². The van der Waals surface area contributed by atoms with Gasteiger partial charge in [0.15, 0.2) is 0 Å². The molecule has 6 nitrogen and oxygen atoms in total. The first-order chi connectivity index (χ1) is 14.3. The van der Waals surface area contributed by atoms with Crippen molar-refractivity contribution in [3.63, 3.8) is 0 Å². The number of nitrogens with zero attached hydrogens (tertiary/aromatic N) is 4. The second-order valence-electron chi connectivity index (χ2n) is 8.76. The van der Waals surface area contributed by atoms with Crippen molar-refractivity contribution in [2.24, 2.45) is 5.92 Å². The molecule has 3 rings (SSSR count). The normalized spacial score (nSPS) is 18.0. The molecule has 0 unspecified atom stereocenters. The molecule has 0 bridgehead atoms. The minimum absolute atomic E-state index is 0.204. The Morgan fingerprint density at radius 1 is 1.23 bits per heavy atom. The molecule has 2 aromatic rings. The Hall–Kier alpha value is -1.70. The van der Waals surface area contributed by atoms with Crippen molar-refractivity contribution >= 4 is 9.84 Å². The second kappa shape index (κ2) is 10.1. The fraction of sp³-hybridized carbons (Fsp3) is 0.609. The molecule has 7 heteroatoms. The highest BCUT2D eigenvalue weighted by atomic mass is 32.2. The average Bonchev–Trinajstić information content (AvgIpc) is 3.34. The van der Waals surface area contributed by atoms with E-state index in [-0.39, 0.29) is 5.16 Å². The summed E-state index contributed by atoms with van der Waals surface area (Å²) in [6, 6.07) is 10.2. The summed E-state index contributed by atoms with van der Waals surface area (Å²) in [4.78, 5) is 9.18. The van der Waals surface area contributed by atoms with E-state index in [0.717, 1.165) is 31.7 Å². The van der Waals surface area contributed by atoms with Crippen molar-refractivity contribution in [1.82, 2.24) is 19.4 Å². The summed E-state index contributed by atoms with van der Waals surface area (Å²) in [7, 11) is -1.31. The van der Waals surface area contributed by atoms with Gasteiger partial charge in [-0.05, 0) is 58.3 Å². The van der Waals surface area contributed by atoms with Gasteiger partial charge >= 0.3 is 0 Å². The highest BCUT2D eigenvalue weighted by Gasteiger charge is 2.27. The lowest BCUT2D eigenvalue weighted by Gasteiger charge is -2.22. The first-order valence-corrected chi connectivity index (χ1v) is 12.6. The minimum Gasteiger partial charge on any atom is -0.317 e. The highest BCUT2D eigenvalue weighted by Crippen LogP contribution is 2.21. The SMILES string of the molecule is CCN1CC[C@H](CN(C)Cc2cnc(S(=O)(=O)C(C)C)n2CCc2ccccc2)C1. The number of imidazole rings is 1. The molecule has 1 fully saturated rings. The van der Waals surface area contributed by atoms with Gasteiger partial charge in [0.1, 0.15) is 0 Å². The molecule has 0 amide bonds. The second-order valence-corrected chi connectivity index (χ2v) is 11.2. The topological polar surface area (TPSA) is 58.4 Å². The Bertz CT molecular complexity index is 909. The van der Waals surface area contributed by atoms with Crippen LogP contribution in [0.4, 0.5) is 0 Å². The van der Waals surface area contributed by atoms with Crippen molar-refractivity contribution in [3.05, 3.63) is 47.8 Å². The summed E-state index contributed by atoms with van der Waals surface area (Å²) in [5.41, 5.74) is 2.17. The van der Waals surface area contributed by atoms with Gasteiger partial charge in [0.2, 0.25) is 15.0 Å². The van der Waals surface area contributed by atoms with E-state index in [1.54, 1.807) is 20.0 Å². The predicted molar refractivity (Wildman–Crippen MR) is 121 cm³/mol. The van der Waals surface area contributed by atoms with Gasteiger partial charge in [-0.25, -0.2) is 13.4 Å². The van der Waals surface area contributed by atoms with Crippen LogP contribution in [0.25, 0.3) is 0 Å². The molecule has 0 aliphatic carbocycles. The van der Waals surface area contributed by atoms with Crippen molar-refractivity contribution in [3.8, 4) is 0 Å². The van der Waals surface area contributed by atoms with Crippen LogP contribution in [-0.2, 0) is 29.3 Å². The van der Waals surface area contributed by atoms with Gasteiger partial charge in [0.05, 0.1) is 17.1 Å². The maximum Gasteiger partial charge on any atom is 0.228 e. The molecule has 0 spiro atoms. The smallest absolute Gasteiger partial charge is 0.228 e. The lowest BCUT2D eigenvalue weighted by molar-refractivity contribution is 0.255. The number of aromatic nitrogens is 2. The zero-order valence-electron chi connectivity index (χ0n) is 18.8. The molecule has 1 atom stereocenters. The molecule has 0 saturated carbocycles. The summed E-state index contributed by atoms with van der Waals surface area (Å²) in [6.07, 6.45) is 3.77. The average molecular weight is 433 g/mol. The Labute approximate surface area is 181 Å². The van der Waals surface area contributed by atoms with E-state index in [2.05, 4.69) is 40.9 Å². The quantitative estimate of drug-likeness (QED) is 0.577. The third kappa shape index (κ3) is 5.50. The van der Waals surface area contributed by atoms with Crippen molar-refractivity contribution < 1.29 is 8.42 Å². The molecular formula is C23H36N4O2S. The molecule has 166 valence electrons. The van der Waals surface area contributed by atoms with Crippen LogP contribution in [0, 0.1) is 5.92 Å². The van der Waals surface area contributed by atoms with Gasteiger partial charge in [0.25, 0.3) is 0 Å². The molecule has 0 radical (unpaired) electrons. The Kier molecular flexibility index (Phi) is 7.71. The standard InChI is InChI=1S/C23H36N4O2S/c1-5-26-13-11-21(17-26)16-25(4)18-22-15-24-23(30(28,29)19(2)3)27(22)14-12-20-9-7-6-8-10-20/h6-10,15,19,21H,5,11-14,16-18H2,1-4H3/t21-/m1/s1. The number of benzene rings is 1. The van der Waals surface area contributed by atoms with Crippen LogP contribution in [0.2, 0.25) is 0 Å². The predicted octanol–water partition coefficient (Wildman–Crippen LogP) is 3.08. The van der Waals surface area contributed by atoms with E-state index in [1.165, 1.54) is 18.5 Å². The van der Waals surface area contributed by atoms with Crippen LogP contribution in [0.15, 0.2) is 41.7 Å². The first-order valence-electron chi connectivity index (χ1n) is 11.0. The van der Waals surface area contributed by atoms with E-state index in [1.807, 2.05) is 22.8 Å². The zero-order valence-corrected chi connectivity index (χ0v) is 19.6. The Morgan fingerprint density at radius 3 is 2.60 bits per heavy atom. The first kappa shape index (κ1) is 23.0. The van der Waals surface area contributed by atoms with Crippen LogP contribution < -0.4 is 0 Å². The molecule has 1 aliphatic heterocycles. The van der Waals surface area contributed by atoms with Gasteiger partial charge in [-0.1, -0.05) is 37.3 Å². The fourth-order valence-electron chi connectivity index (χ4n) is 4.21. The number of aryl methyl sites for hydroxylation is 1. The number of hydrogen-bond donors (Lipinski definition) is 0. The van der Waals surface area contributed by atoms with E-state index in [0.29, 0.717) is 19.0 Å². The van der Waals surface area contributed by atoms with E-state index >= 15 is 0 Å². The van der Waals surface area contributed by atoms with Gasteiger partial charge in [-0.2, -0.15) is 0 Å². The number of hydrogen-bond acceptors (Lipinski definition) is 5. The summed E-state index contributed by atoms with van der Waals surface area (Å²) >= 11 is 0. The highest BCUT2D eigenvalue weighted by molar-refractivity contribution is 7.91. The molecule has 2 heterocycles. The van der Waals surface area contributed by atoms with E-state index < -0.39 is 15.1 Å². The molecule has 1 aromatic carbocycles. The summed E-state index contributed by atoms with van der Waals surface area (Å²) < 4.78 is 27.7. The molecule has 30 heavy (non-hydrogen) atoms. The number of rotatable bonds is 10. The number of sulfone groups is 1. The van der Waals surface area contributed by atoms with Crippen molar-refractivity contribution in [1.29, 1.82) is 0 Å². The van der Waals surface area contributed by atoms with Crippen LogP contribution >= 0.6 is 0 Å². The molecule has 0 N–H and O–H groups in total. The molecule has 1 aliphatic rings. The van der Waals surface area contributed by atoms with Gasteiger partial charge in [-0.3, -0.25) is 0 Å². The molecule has 1 saturated heterocycles. The van der Waals surface area contributed by atoms with Crippen LogP contribution in [0.1, 0.15) is 38.4 Å².